The number of hydrogen-bond acceptors (Lipinski definition) is 6. The smallest absolute Gasteiger partial charge is 0.407 e. The summed E-state index contributed by atoms with van der Waals surface area (Å²) < 4.78 is 5.72. The van der Waals surface area contributed by atoms with Crippen LogP contribution in [0.5, 0.6) is 0 Å². The highest BCUT2D eigenvalue weighted by Crippen LogP contribution is 2.14. The van der Waals surface area contributed by atoms with E-state index >= 15 is 0 Å². The first kappa shape index (κ1) is 20.1. The number of amides is 2. The van der Waals surface area contributed by atoms with Crippen molar-refractivity contribution in [2.75, 3.05) is 5.32 Å². The summed E-state index contributed by atoms with van der Waals surface area (Å²) in [4.78, 5) is 24.2. The number of carbonyl (C=O) groups excluding carboxylic acids is 2. The number of ether oxygens (including phenoxy) is 1. The van der Waals surface area contributed by atoms with Crippen molar-refractivity contribution in [2.24, 2.45) is 5.92 Å². The minimum atomic E-state index is -0.539. The zero-order valence-electron chi connectivity index (χ0n) is 14.7. The van der Waals surface area contributed by atoms with Gasteiger partial charge in [0.05, 0.1) is 0 Å². The molecule has 1 aromatic heterocycles. The third-order valence-electron chi connectivity index (χ3n) is 3.41. The van der Waals surface area contributed by atoms with Gasteiger partial charge in [0.1, 0.15) is 6.61 Å². The summed E-state index contributed by atoms with van der Waals surface area (Å²) in [6.07, 6.45) is 0.248. The number of anilines is 1. The molecule has 140 valence electrons. The third-order valence-corrected chi connectivity index (χ3v) is 4.41. The van der Waals surface area contributed by atoms with Gasteiger partial charge in [-0.1, -0.05) is 55.5 Å². The lowest BCUT2D eigenvalue weighted by Crippen LogP contribution is -2.38. The monoisotopic (exact) mass is 394 g/mol. The molecule has 0 aliphatic carbocycles. The largest absolute Gasteiger partial charge is 0.445 e. The van der Waals surface area contributed by atoms with Crippen LogP contribution in [0.15, 0.2) is 30.3 Å². The first-order valence-corrected chi connectivity index (χ1v) is 9.47. The number of H-pyrrole nitrogens is 1. The number of nitrogens with one attached hydrogen (secondary N) is 3. The number of aromatic nitrogens is 2. The van der Waals surface area contributed by atoms with Crippen molar-refractivity contribution in [2.45, 2.75) is 39.3 Å². The van der Waals surface area contributed by atoms with E-state index in [2.05, 4.69) is 20.8 Å². The van der Waals surface area contributed by atoms with Gasteiger partial charge in [0.15, 0.2) is 3.95 Å². The van der Waals surface area contributed by atoms with Crippen LogP contribution in [-0.4, -0.2) is 28.2 Å². The molecule has 0 spiro atoms. The highest BCUT2D eigenvalue weighted by atomic mass is 32.1. The predicted molar refractivity (Wildman–Crippen MR) is 104 cm³/mol. The van der Waals surface area contributed by atoms with Crippen LogP contribution in [0.3, 0.4) is 0 Å². The van der Waals surface area contributed by atoms with E-state index in [0.717, 1.165) is 5.56 Å². The Kier molecular flexibility index (Phi) is 7.73. The summed E-state index contributed by atoms with van der Waals surface area (Å²) in [5.41, 5.74) is 0.903. The van der Waals surface area contributed by atoms with Crippen LogP contribution in [0.2, 0.25) is 0 Å². The fourth-order valence-corrected chi connectivity index (χ4v) is 3.18. The van der Waals surface area contributed by atoms with Gasteiger partial charge >= 0.3 is 6.09 Å². The molecule has 0 saturated carbocycles. The maximum absolute atomic E-state index is 12.2. The summed E-state index contributed by atoms with van der Waals surface area (Å²) >= 11 is 6.11. The molecule has 1 atom stereocenters. The SMILES string of the molecule is CC(C)C[C@@H](CC(=O)Nc1n[nH]c(=S)s1)NC(=O)OCc1ccccc1. The summed E-state index contributed by atoms with van der Waals surface area (Å²) in [5.74, 6) is 0.0754. The minimum absolute atomic E-state index is 0.130. The molecule has 0 unspecified atom stereocenters. The van der Waals surface area contributed by atoms with E-state index in [4.69, 9.17) is 17.0 Å². The molecule has 2 amide bonds. The molecule has 2 aromatic rings. The van der Waals surface area contributed by atoms with Crippen LogP contribution < -0.4 is 10.6 Å². The van der Waals surface area contributed by atoms with E-state index < -0.39 is 6.09 Å². The van der Waals surface area contributed by atoms with Crippen molar-refractivity contribution in [3.8, 4) is 0 Å². The highest BCUT2D eigenvalue weighted by molar-refractivity contribution is 7.73. The zero-order valence-corrected chi connectivity index (χ0v) is 16.3. The summed E-state index contributed by atoms with van der Waals surface area (Å²) in [5, 5.41) is 12.4. The standard InChI is InChI=1S/C17H22N4O3S2/c1-11(2)8-13(9-14(22)19-15-20-21-17(25)26-15)18-16(23)24-10-12-6-4-3-5-7-12/h3-7,11,13H,8-10H2,1-2H3,(H,18,23)(H,21,25)(H,19,20,22)/t13-/m0/s1. The summed E-state index contributed by atoms with van der Waals surface area (Å²) in [7, 11) is 0. The fraction of sp³-hybridized carbons (Fsp3) is 0.412. The molecule has 1 heterocycles. The number of carbonyl (C=O) groups is 2. The van der Waals surface area contributed by atoms with E-state index in [9.17, 15) is 9.59 Å². The van der Waals surface area contributed by atoms with Crippen LogP contribution in [0.25, 0.3) is 0 Å². The van der Waals surface area contributed by atoms with E-state index in [1.807, 2.05) is 44.2 Å². The van der Waals surface area contributed by atoms with Crippen LogP contribution in [0.4, 0.5) is 9.93 Å². The van der Waals surface area contributed by atoms with E-state index in [-0.39, 0.29) is 25.0 Å². The Bertz CT molecular complexity index is 774. The molecule has 0 saturated heterocycles. The van der Waals surface area contributed by atoms with Crippen molar-refractivity contribution in [1.82, 2.24) is 15.5 Å². The maximum atomic E-state index is 12.2. The molecule has 1 aromatic carbocycles. The van der Waals surface area contributed by atoms with Gasteiger partial charge in [0.25, 0.3) is 0 Å². The Balaban J connectivity index is 1.85. The van der Waals surface area contributed by atoms with Crippen LogP contribution in [0.1, 0.15) is 32.3 Å². The second-order valence-corrected chi connectivity index (χ2v) is 7.87. The first-order chi connectivity index (χ1) is 12.4. The molecule has 0 radical (unpaired) electrons. The normalized spacial score (nSPS) is 11.8. The lowest BCUT2D eigenvalue weighted by atomic mass is 10.0. The molecule has 7 nitrogen and oxygen atoms in total. The molecule has 0 aliphatic heterocycles. The Hall–Kier alpha value is -2.26. The Labute approximate surface area is 161 Å². The predicted octanol–water partition coefficient (Wildman–Crippen LogP) is 3.87. The lowest BCUT2D eigenvalue weighted by molar-refractivity contribution is -0.116. The van der Waals surface area contributed by atoms with Crippen molar-refractivity contribution in [3.05, 3.63) is 39.8 Å². The Morgan fingerprint density at radius 1 is 1.31 bits per heavy atom. The molecular formula is C17H22N4O3S2. The molecule has 26 heavy (non-hydrogen) atoms. The van der Waals surface area contributed by atoms with Crippen molar-refractivity contribution in [1.29, 1.82) is 0 Å². The van der Waals surface area contributed by atoms with Gasteiger partial charge in [-0.05, 0) is 30.1 Å². The van der Waals surface area contributed by atoms with Gasteiger partial charge in [-0.25, -0.2) is 4.79 Å². The Morgan fingerprint density at radius 2 is 2.04 bits per heavy atom. The minimum Gasteiger partial charge on any atom is -0.445 e. The van der Waals surface area contributed by atoms with Crippen molar-refractivity contribution >= 4 is 40.7 Å². The van der Waals surface area contributed by atoms with E-state index in [1.54, 1.807) is 0 Å². The average molecular weight is 395 g/mol. The molecule has 3 N–H and O–H groups in total. The van der Waals surface area contributed by atoms with Crippen LogP contribution in [-0.2, 0) is 16.1 Å². The topological polar surface area (TPSA) is 96.1 Å². The van der Waals surface area contributed by atoms with Crippen LogP contribution in [0, 0.1) is 9.87 Å². The molecule has 9 heteroatoms. The quantitative estimate of drug-likeness (QED) is 0.591. The summed E-state index contributed by atoms with van der Waals surface area (Å²) in [6, 6.07) is 9.09. The zero-order chi connectivity index (χ0) is 18.9. The van der Waals surface area contributed by atoms with Gasteiger partial charge < -0.3 is 15.4 Å². The molecule has 2 rings (SSSR count). The Morgan fingerprint density at radius 3 is 2.65 bits per heavy atom. The number of benzene rings is 1. The average Bonchev–Trinajstić information content (AvgIpc) is 2.98. The third kappa shape index (κ3) is 7.32. The van der Waals surface area contributed by atoms with Gasteiger partial charge in [0, 0.05) is 12.5 Å². The van der Waals surface area contributed by atoms with Gasteiger partial charge in [0.2, 0.25) is 11.0 Å². The van der Waals surface area contributed by atoms with Gasteiger partial charge in [-0.3, -0.25) is 9.89 Å². The van der Waals surface area contributed by atoms with Crippen molar-refractivity contribution in [3.63, 3.8) is 0 Å². The first-order valence-electron chi connectivity index (χ1n) is 8.25. The molecule has 0 fully saturated rings. The van der Waals surface area contributed by atoms with Gasteiger partial charge in [-0.15, -0.1) is 5.10 Å². The number of rotatable bonds is 8. The molecular weight excluding hydrogens is 372 g/mol. The molecule has 0 bridgehead atoms. The number of nitrogens with zero attached hydrogens (tertiary/aromatic N) is 1. The number of aromatic amines is 1. The van der Waals surface area contributed by atoms with Crippen molar-refractivity contribution < 1.29 is 14.3 Å². The molecule has 0 aliphatic rings. The highest BCUT2D eigenvalue weighted by Gasteiger charge is 2.19. The van der Waals surface area contributed by atoms with Gasteiger partial charge in [-0.2, -0.15) is 0 Å². The van der Waals surface area contributed by atoms with E-state index in [0.29, 0.717) is 21.4 Å². The number of alkyl carbamates (subject to hydrolysis) is 1. The van der Waals surface area contributed by atoms with Crippen LogP contribution >= 0.6 is 23.6 Å². The maximum Gasteiger partial charge on any atom is 0.407 e. The summed E-state index contributed by atoms with van der Waals surface area (Å²) in [6.45, 7) is 4.24. The second-order valence-electron chi connectivity index (χ2n) is 6.20. The fourth-order valence-electron chi connectivity index (χ4n) is 2.37. The van der Waals surface area contributed by atoms with E-state index in [1.165, 1.54) is 11.3 Å². The number of hydrogen-bond donors (Lipinski definition) is 3. The second kappa shape index (κ2) is 10.0. The lowest BCUT2D eigenvalue weighted by Gasteiger charge is -2.19.